The number of benzene rings is 3. The molecular formula is C49H51N3O7. The molecule has 7 N–H and O–H groups in total. The van der Waals surface area contributed by atoms with E-state index in [0.717, 1.165) is 70.6 Å². The van der Waals surface area contributed by atoms with Gasteiger partial charge in [-0.05, 0) is 127 Å². The molecular weight excluding hydrogens is 743 g/mol. The number of carbonyl (C=O) groups excluding carboxylic acids is 2. The fourth-order valence-electron chi connectivity index (χ4n) is 9.78. The van der Waals surface area contributed by atoms with Gasteiger partial charge in [-0.2, -0.15) is 0 Å². The van der Waals surface area contributed by atoms with E-state index in [1.807, 2.05) is 67.0 Å². The maximum atomic E-state index is 14.8. The molecule has 59 heavy (non-hydrogen) atoms. The lowest BCUT2D eigenvalue weighted by molar-refractivity contribution is -0.129. The van der Waals surface area contributed by atoms with Crippen LogP contribution in [-0.4, -0.2) is 60.2 Å². The van der Waals surface area contributed by atoms with E-state index in [4.69, 9.17) is 4.74 Å². The van der Waals surface area contributed by atoms with E-state index in [0.29, 0.717) is 54.7 Å². The van der Waals surface area contributed by atoms with Gasteiger partial charge < -0.3 is 40.4 Å². The average molecular weight is 794 g/mol. The number of ether oxygens (including phenoxy) is 1. The van der Waals surface area contributed by atoms with E-state index in [1.165, 1.54) is 0 Å². The number of carbonyl (C=O) groups is 2. The van der Waals surface area contributed by atoms with Crippen molar-refractivity contribution in [2.24, 2.45) is 5.92 Å². The molecule has 3 aromatic carbocycles. The number of ketones is 2. The summed E-state index contributed by atoms with van der Waals surface area (Å²) in [4.78, 5) is 35.4. The molecule has 4 atom stereocenters. The SMILES string of the molecule is O=C1CCc2cc(OC3CCCC3)c(O)c(c2)C(O)c2cccc(c2)Cc2cc[nH]c2NCC2=Cc3[nH]ccc3C(CC3(O)C=Cc4c(O)cccc4CC3)C2C(=O)C1. The van der Waals surface area contributed by atoms with E-state index < -0.39 is 23.5 Å². The lowest BCUT2D eigenvalue weighted by Crippen LogP contribution is -2.37. The van der Waals surface area contributed by atoms with E-state index in [-0.39, 0.29) is 48.4 Å². The molecule has 2 aromatic heterocycles. The van der Waals surface area contributed by atoms with Crippen molar-refractivity contribution in [3.05, 3.63) is 141 Å². The number of anilines is 1. The number of Topliss-reactive ketones (excluding diaryl/α,β-unsaturated/α-hetero) is 2. The summed E-state index contributed by atoms with van der Waals surface area (Å²) in [5.74, 6) is -0.451. The topological polar surface area (TPSA) is 168 Å². The number of phenolic OH excluding ortho intramolecular Hbond substituents is 2. The minimum Gasteiger partial charge on any atom is -0.507 e. The first-order valence-electron chi connectivity index (χ1n) is 20.9. The van der Waals surface area contributed by atoms with Crippen molar-refractivity contribution >= 4 is 29.5 Å². The third-order valence-corrected chi connectivity index (χ3v) is 12.9. The lowest BCUT2D eigenvalue weighted by atomic mass is 9.68. The molecule has 4 bridgehead atoms. The van der Waals surface area contributed by atoms with Crippen molar-refractivity contribution in [2.45, 2.75) is 94.4 Å². The van der Waals surface area contributed by atoms with Gasteiger partial charge in [0.2, 0.25) is 0 Å². The molecule has 10 nitrogen and oxygen atoms in total. The summed E-state index contributed by atoms with van der Waals surface area (Å²) in [6, 6.07) is 20.6. The van der Waals surface area contributed by atoms with Gasteiger partial charge in [0.25, 0.3) is 0 Å². The van der Waals surface area contributed by atoms with E-state index in [9.17, 15) is 30.0 Å². The Kier molecular flexibility index (Phi) is 10.5. The summed E-state index contributed by atoms with van der Waals surface area (Å²) in [7, 11) is 0. The van der Waals surface area contributed by atoms with E-state index in [1.54, 1.807) is 30.4 Å². The predicted molar refractivity (Wildman–Crippen MR) is 227 cm³/mol. The van der Waals surface area contributed by atoms with Crippen LogP contribution in [0.3, 0.4) is 0 Å². The molecule has 10 heteroatoms. The molecule has 0 radical (unpaired) electrons. The van der Waals surface area contributed by atoms with Crippen LogP contribution < -0.4 is 10.1 Å². The van der Waals surface area contributed by atoms with Gasteiger partial charge in [-0.3, -0.25) is 9.59 Å². The highest BCUT2D eigenvalue weighted by Gasteiger charge is 2.42. The van der Waals surface area contributed by atoms with Crippen molar-refractivity contribution in [3.63, 3.8) is 0 Å². The predicted octanol–water partition coefficient (Wildman–Crippen LogP) is 8.21. The van der Waals surface area contributed by atoms with Crippen LogP contribution in [0, 0.1) is 5.92 Å². The number of aliphatic hydroxyl groups is 2. The fraction of sp³-hybridized carbons (Fsp3) is 0.347. The monoisotopic (exact) mass is 793 g/mol. The summed E-state index contributed by atoms with van der Waals surface area (Å²) in [6.07, 6.45) is 13.8. The van der Waals surface area contributed by atoms with Gasteiger partial charge >= 0.3 is 0 Å². The van der Waals surface area contributed by atoms with Gasteiger partial charge in [-0.1, -0.05) is 48.6 Å². The summed E-state index contributed by atoms with van der Waals surface area (Å²) >= 11 is 0. The molecule has 304 valence electrons. The van der Waals surface area contributed by atoms with Gasteiger partial charge in [0.15, 0.2) is 11.5 Å². The van der Waals surface area contributed by atoms with Gasteiger partial charge in [-0.25, -0.2) is 0 Å². The lowest BCUT2D eigenvalue weighted by Gasteiger charge is -2.37. The molecule has 3 aliphatic carbocycles. The number of aromatic amines is 2. The Balaban J connectivity index is 1.08. The fourth-order valence-corrected chi connectivity index (χ4v) is 9.78. The number of hydrogen-bond donors (Lipinski definition) is 7. The highest BCUT2D eigenvalue weighted by molar-refractivity contribution is 6.02. The van der Waals surface area contributed by atoms with Crippen molar-refractivity contribution in [3.8, 4) is 17.2 Å². The van der Waals surface area contributed by atoms with Crippen LogP contribution in [0.1, 0.15) is 114 Å². The Morgan fingerprint density at radius 3 is 2.53 bits per heavy atom. The highest BCUT2D eigenvalue weighted by atomic mass is 16.5. The third kappa shape index (κ3) is 7.99. The Bertz CT molecular complexity index is 2450. The molecule has 9 rings (SSSR count). The molecule has 0 saturated heterocycles. The molecule has 4 unspecified atom stereocenters. The summed E-state index contributed by atoms with van der Waals surface area (Å²) < 4.78 is 6.33. The van der Waals surface area contributed by atoms with Crippen LogP contribution >= 0.6 is 0 Å². The smallest absolute Gasteiger partial charge is 0.163 e. The molecule has 0 amide bonds. The number of H-pyrrole nitrogens is 2. The Hall–Kier alpha value is -5.84. The minimum atomic E-state index is -1.30. The van der Waals surface area contributed by atoms with Crippen molar-refractivity contribution in [1.82, 2.24) is 9.97 Å². The quantitative estimate of drug-likeness (QED) is 0.0894. The van der Waals surface area contributed by atoms with Crippen LogP contribution in [0.4, 0.5) is 5.82 Å². The Morgan fingerprint density at radius 1 is 0.831 bits per heavy atom. The van der Waals surface area contributed by atoms with Crippen LogP contribution in [0.15, 0.2) is 90.8 Å². The summed E-state index contributed by atoms with van der Waals surface area (Å²) in [6.45, 7) is 0.314. The number of aromatic hydroxyl groups is 2. The molecule has 1 fully saturated rings. The Labute approximate surface area is 343 Å². The molecule has 4 aliphatic rings. The summed E-state index contributed by atoms with van der Waals surface area (Å²) in [5.41, 5.74) is 6.54. The molecule has 5 aromatic rings. The van der Waals surface area contributed by atoms with Crippen LogP contribution in [0.5, 0.6) is 17.2 Å². The van der Waals surface area contributed by atoms with Crippen LogP contribution in [-0.2, 0) is 28.9 Å². The molecule has 3 heterocycles. The van der Waals surface area contributed by atoms with Crippen LogP contribution in [0.2, 0.25) is 0 Å². The second-order valence-corrected chi connectivity index (χ2v) is 16.9. The largest absolute Gasteiger partial charge is 0.507 e. The van der Waals surface area contributed by atoms with Crippen LogP contribution in [0.25, 0.3) is 12.2 Å². The minimum absolute atomic E-state index is 0.0393. The first-order chi connectivity index (χ1) is 28.6. The first kappa shape index (κ1) is 38.7. The molecule has 1 aliphatic heterocycles. The third-order valence-electron chi connectivity index (χ3n) is 12.9. The maximum Gasteiger partial charge on any atom is 0.163 e. The van der Waals surface area contributed by atoms with Gasteiger partial charge in [0.1, 0.15) is 29.2 Å². The van der Waals surface area contributed by atoms with E-state index in [2.05, 4.69) is 15.3 Å². The number of aliphatic hydroxyl groups excluding tert-OH is 1. The molecule has 1 saturated carbocycles. The standard InChI is InChI=1S/C49H51N3O7/c53-35-12-11-30-23-39(47(57)44(24-30)59-36-8-1-2-9-36)46(56)32-7-3-5-29(21-32)22-33-15-19-51-48(33)52-28-34-25-41-38(16-20-50-41)40(45(34)43(55)26-35)27-49(58)17-13-31-6-4-10-42(54)37(31)14-18-49/h3-7,10,14-16,18-21,23-25,36,40,45-46,50-52,54,56-58H,1-2,8-9,11-13,17,22,26-28H2. The zero-order chi connectivity index (χ0) is 40.7. The Morgan fingerprint density at radius 2 is 1.66 bits per heavy atom. The zero-order valence-corrected chi connectivity index (χ0v) is 33.0. The second kappa shape index (κ2) is 16.1. The summed E-state index contributed by atoms with van der Waals surface area (Å²) in [5, 5.41) is 49.8. The number of hydrogen-bond acceptors (Lipinski definition) is 8. The van der Waals surface area contributed by atoms with Crippen molar-refractivity contribution in [1.29, 1.82) is 0 Å². The number of aromatic nitrogens is 2. The van der Waals surface area contributed by atoms with Gasteiger partial charge in [-0.15, -0.1) is 0 Å². The second-order valence-electron chi connectivity index (χ2n) is 16.9. The first-order valence-corrected chi connectivity index (χ1v) is 20.9. The molecule has 0 spiro atoms. The number of aryl methyl sites for hydroxylation is 2. The normalized spacial score (nSPS) is 23.6. The van der Waals surface area contributed by atoms with Gasteiger partial charge in [0.05, 0.1) is 18.1 Å². The van der Waals surface area contributed by atoms with Crippen molar-refractivity contribution in [2.75, 3.05) is 11.9 Å². The zero-order valence-electron chi connectivity index (χ0n) is 33.0. The van der Waals surface area contributed by atoms with E-state index >= 15 is 0 Å². The van der Waals surface area contributed by atoms with Gasteiger partial charge in [0, 0.05) is 60.4 Å². The number of nitrogens with one attached hydrogen (secondary N) is 3. The number of phenols is 2. The number of rotatable bonds is 4. The van der Waals surface area contributed by atoms with Crippen molar-refractivity contribution < 1.29 is 34.8 Å². The highest BCUT2D eigenvalue weighted by Crippen LogP contribution is 2.46. The maximum absolute atomic E-state index is 14.8. The average Bonchev–Trinajstić information content (AvgIpc) is 4.00. The number of fused-ring (bicyclic) bond motifs is 8.